The molecule has 2 nitrogen and oxygen atoms in total. The zero-order valence-corrected chi connectivity index (χ0v) is 12.3. The number of halogens is 2. The van der Waals surface area contributed by atoms with Crippen LogP contribution >= 0.6 is 15.9 Å². The molecule has 1 atom stereocenters. The Bertz CT molecular complexity index is 644. The van der Waals surface area contributed by atoms with Gasteiger partial charge in [0.05, 0.1) is 11.6 Å². The lowest BCUT2D eigenvalue weighted by molar-refractivity contribution is -0.118. The van der Waals surface area contributed by atoms with Gasteiger partial charge >= 0.3 is 0 Å². The maximum atomic E-state index is 14.0. The third-order valence-corrected chi connectivity index (χ3v) is 4.10. The first-order valence-corrected chi connectivity index (χ1v) is 7.27. The molecule has 0 aromatic heterocycles. The Morgan fingerprint density at radius 1 is 1.15 bits per heavy atom. The molecule has 20 heavy (non-hydrogen) atoms. The fraction of sp³-hybridized carbons (Fsp3) is 0.188. The minimum absolute atomic E-state index is 0.0302. The van der Waals surface area contributed by atoms with E-state index in [1.54, 1.807) is 17.0 Å². The Morgan fingerprint density at radius 2 is 1.90 bits per heavy atom. The van der Waals surface area contributed by atoms with Gasteiger partial charge in [-0.25, -0.2) is 4.39 Å². The zero-order chi connectivity index (χ0) is 14.1. The summed E-state index contributed by atoms with van der Waals surface area (Å²) in [6.45, 7) is 0.553. The van der Waals surface area contributed by atoms with E-state index < -0.39 is 0 Å². The topological polar surface area (TPSA) is 20.3 Å². The number of anilines is 1. The summed E-state index contributed by atoms with van der Waals surface area (Å²) in [5.41, 5.74) is 1.36. The Hall–Kier alpha value is -1.68. The molecule has 2 aromatic rings. The summed E-state index contributed by atoms with van der Waals surface area (Å²) in [5, 5.41) is 0. The van der Waals surface area contributed by atoms with Gasteiger partial charge in [0.1, 0.15) is 5.82 Å². The van der Waals surface area contributed by atoms with Crippen LogP contribution in [0, 0.1) is 5.82 Å². The highest BCUT2D eigenvalue weighted by Crippen LogP contribution is 2.33. The molecule has 0 saturated carbocycles. The molecule has 1 unspecified atom stereocenters. The average Bonchev–Trinajstić information content (AvgIpc) is 2.82. The van der Waals surface area contributed by atoms with E-state index in [-0.39, 0.29) is 17.6 Å². The number of hydrogen-bond acceptors (Lipinski definition) is 1. The van der Waals surface area contributed by atoms with Gasteiger partial charge in [-0.15, -0.1) is 0 Å². The first-order chi connectivity index (χ1) is 9.66. The van der Waals surface area contributed by atoms with Crippen LogP contribution < -0.4 is 4.90 Å². The Balaban J connectivity index is 1.89. The fourth-order valence-electron chi connectivity index (χ4n) is 2.61. The monoisotopic (exact) mass is 333 g/mol. The molecule has 4 heteroatoms. The molecule has 0 aliphatic carbocycles. The van der Waals surface area contributed by atoms with Crippen LogP contribution in [0.2, 0.25) is 0 Å². The molecule has 0 radical (unpaired) electrons. The summed E-state index contributed by atoms with van der Waals surface area (Å²) < 4.78 is 14.7. The fourth-order valence-corrected chi connectivity index (χ4v) is 2.95. The van der Waals surface area contributed by atoms with E-state index in [0.29, 0.717) is 16.7 Å². The largest absolute Gasteiger partial charge is 0.309 e. The van der Waals surface area contributed by atoms with Crippen LogP contribution in [0.4, 0.5) is 10.1 Å². The Labute approximate surface area is 125 Å². The van der Waals surface area contributed by atoms with Crippen LogP contribution in [0.25, 0.3) is 0 Å². The maximum absolute atomic E-state index is 14.0. The molecular weight excluding hydrogens is 321 g/mol. The SMILES string of the molecule is O=C1C(c2ccccc2)CCN1c1ccc(Br)cc1F. The molecule has 1 aliphatic heterocycles. The summed E-state index contributed by atoms with van der Waals surface area (Å²) >= 11 is 3.23. The molecule has 1 fully saturated rings. The number of nitrogens with zero attached hydrogens (tertiary/aromatic N) is 1. The summed E-state index contributed by atoms with van der Waals surface area (Å²) in [6.07, 6.45) is 0.721. The van der Waals surface area contributed by atoms with Gasteiger partial charge in [0.25, 0.3) is 0 Å². The van der Waals surface area contributed by atoms with Gasteiger partial charge in [0.15, 0.2) is 0 Å². The molecule has 3 rings (SSSR count). The van der Waals surface area contributed by atoms with E-state index in [4.69, 9.17) is 0 Å². The number of benzene rings is 2. The standard InChI is InChI=1S/C16H13BrFNO/c17-12-6-7-15(14(18)10-12)19-9-8-13(16(19)20)11-4-2-1-3-5-11/h1-7,10,13H,8-9H2. The lowest BCUT2D eigenvalue weighted by Gasteiger charge is -2.18. The van der Waals surface area contributed by atoms with E-state index in [0.717, 1.165) is 12.0 Å². The van der Waals surface area contributed by atoms with Gasteiger partial charge in [-0.2, -0.15) is 0 Å². The second-order valence-corrected chi connectivity index (χ2v) is 5.75. The molecule has 1 amide bonds. The van der Waals surface area contributed by atoms with Gasteiger partial charge in [0.2, 0.25) is 5.91 Å². The Kier molecular flexibility index (Phi) is 3.57. The Morgan fingerprint density at radius 3 is 2.60 bits per heavy atom. The van der Waals surface area contributed by atoms with Crippen LogP contribution in [-0.2, 0) is 4.79 Å². The number of rotatable bonds is 2. The van der Waals surface area contributed by atoms with Crippen LogP contribution in [0.1, 0.15) is 17.9 Å². The van der Waals surface area contributed by atoms with Crippen molar-refractivity contribution >= 4 is 27.5 Å². The van der Waals surface area contributed by atoms with Crippen LogP contribution in [0.15, 0.2) is 53.0 Å². The lowest BCUT2D eigenvalue weighted by atomic mass is 9.98. The van der Waals surface area contributed by atoms with Crippen LogP contribution in [-0.4, -0.2) is 12.5 Å². The number of amides is 1. The quantitative estimate of drug-likeness (QED) is 0.809. The van der Waals surface area contributed by atoms with Crippen LogP contribution in [0.3, 0.4) is 0 Å². The molecule has 0 N–H and O–H groups in total. The van der Waals surface area contributed by atoms with Crippen molar-refractivity contribution in [2.75, 3.05) is 11.4 Å². The summed E-state index contributed by atoms with van der Waals surface area (Å²) in [7, 11) is 0. The van der Waals surface area contributed by atoms with Crippen molar-refractivity contribution in [2.24, 2.45) is 0 Å². The average molecular weight is 334 g/mol. The van der Waals surface area contributed by atoms with E-state index in [1.807, 2.05) is 30.3 Å². The van der Waals surface area contributed by atoms with Crippen molar-refractivity contribution in [1.82, 2.24) is 0 Å². The first kappa shape index (κ1) is 13.3. The van der Waals surface area contributed by atoms with Crippen molar-refractivity contribution in [2.45, 2.75) is 12.3 Å². The molecule has 0 bridgehead atoms. The van der Waals surface area contributed by atoms with Crippen molar-refractivity contribution in [3.8, 4) is 0 Å². The molecule has 1 saturated heterocycles. The minimum Gasteiger partial charge on any atom is -0.309 e. The van der Waals surface area contributed by atoms with Crippen molar-refractivity contribution in [1.29, 1.82) is 0 Å². The summed E-state index contributed by atoms with van der Waals surface area (Å²) in [6, 6.07) is 14.4. The highest BCUT2D eigenvalue weighted by atomic mass is 79.9. The second kappa shape index (κ2) is 5.37. The summed E-state index contributed by atoms with van der Waals surface area (Å²) in [5.74, 6) is -0.571. The molecule has 1 heterocycles. The third-order valence-electron chi connectivity index (χ3n) is 3.61. The molecule has 1 aliphatic rings. The van der Waals surface area contributed by atoms with E-state index >= 15 is 0 Å². The van der Waals surface area contributed by atoms with Gasteiger partial charge in [-0.05, 0) is 30.2 Å². The number of carbonyl (C=O) groups is 1. The van der Waals surface area contributed by atoms with Crippen LogP contribution in [0.5, 0.6) is 0 Å². The lowest BCUT2D eigenvalue weighted by Crippen LogP contribution is -2.27. The molecule has 2 aromatic carbocycles. The van der Waals surface area contributed by atoms with Crippen molar-refractivity contribution in [3.05, 3.63) is 64.4 Å². The van der Waals surface area contributed by atoms with Gasteiger partial charge in [-0.3, -0.25) is 4.79 Å². The number of hydrogen-bond donors (Lipinski definition) is 0. The molecule has 0 spiro atoms. The third kappa shape index (κ3) is 2.36. The van der Waals surface area contributed by atoms with E-state index in [2.05, 4.69) is 15.9 Å². The highest BCUT2D eigenvalue weighted by molar-refractivity contribution is 9.10. The second-order valence-electron chi connectivity index (χ2n) is 4.84. The number of carbonyl (C=O) groups excluding carboxylic acids is 1. The van der Waals surface area contributed by atoms with Gasteiger partial charge in [0, 0.05) is 11.0 Å². The van der Waals surface area contributed by atoms with Gasteiger partial charge in [-0.1, -0.05) is 46.3 Å². The smallest absolute Gasteiger partial charge is 0.234 e. The maximum Gasteiger partial charge on any atom is 0.234 e. The normalized spacial score (nSPS) is 18.6. The van der Waals surface area contributed by atoms with Crippen molar-refractivity contribution in [3.63, 3.8) is 0 Å². The van der Waals surface area contributed by atoms with E-state index in [9.17, 15) is 9.18 Å². The predicted octanol–water partition coefficient (Wildman–Crippen LogP) is 4.11. The predicted molar refractivity (Wildman–Crippen MR) is 80.3 cm³/mol. The highest BCUT2D eigenvalue weighted by Gasteiger charge is 2.34. The van der Waals surface area contributed by atoms with Gasteiger partial charge < -0.3 is 4.90 Å². The summed E-state index contributed by atoms with van der Waals surface area (Å²) in [4.78, 5) is 14.0. The van der Waals surface area contributed by atoms with E-state index in [1.165, 1.54) is 6.07 Å². The minimum atomic E-state index is -0.374. The van der Waals surface area contributed by atoms with Crippen molar-refractivity contribution < 1.29 is 9.18 Å². The zero-order valence-electron chi connectivity index (χ0n) is 10.7. The molecular formula is C16H13BrFNO. The first-order valence-electron chi connectivity index (χ1n) is 6.48. The molecule has 102 valence electrons.